The third kappa shape index (κ3) is 6.55. The van der Waals surface area contributed by atoms with Gasteiger partial charge in [0.25, 0.3) is 0 Å². The second-order valence-electron chi connectivity index (χ2n) is 8.06. The fourth-order valence-corrected chi connectivity index (χ4v) is 3.73. The van der Waals surface area contributed by atoms with Gasteiger partial charge in [0.2, 0.25) is 0 Å². The Bertz CT molecular complexity index is 343. The van der Waals surface area contributed by atoms with Crippen LogP contribution in [0.15, 0.2) is 0 Å². The van der Waals surface area contributed by atoms with Crippen molar-refractivity contribution in [1.29, 1.82) is 0 Å². The van der Waals surface area contributed by atoms with Crippen molar-refractivity contribution in [3.63, 3.8) is 0 Å². The summed E-state index contributed by atoms with van der Waals surface area (Å²) in [6.45, 7) is 5.72. The molecule has 2 atom stereocenters. The molecule has 2 rings (SSSR count). The number of carbonyl (C=O) groups is 1. The zero-order chi connectivity index (χ0) is 16.0. The zero-order valence-corrected chi connectivity index (χ0v) is 14.6. The lowest BCUT2D eigenvalue weighted by Crippen LogP contribution is -2.47. The van der Waals surface area contributed by atoms with Crippen molar-refractivity contribution in [3.8, 4) is 0 Å². The highest BCUT2D eigenvalue weighted by Gasteiger charge is 2.26. The van der Waals surface area contributed by atoms with Crippen molar-refractivity contribution in [1.82, 2.24) is 10.6 Å². The van der Waals surface area contributed by atoms with Gasteiger partial charge in [0.1, 0.15) is 5.60 Å². The summed E-state index contributed by atoms with van der Waals surface area (Å²) in [6.07, 6.45) is 12.4. The fraction of sp³-hybridized carbons (Fsp3) is 0.944. The molecule has 2 saturated carbocycles. The van der Waals surface area contributed by atoms with E-state index in [4.69, 9.17) is 4.74 Å². The average molecular weight is 310 g/mol. The van der Waals surface area contributed by atoms with Crippen LogP contribution >= 0.6 is 0 Å². The number of alkyl carbamates (subject to hydrolysis) is 1. The lowest BCUT2D eigenvalue weighted by Gasteiger charge is -2.33. The standard InChI is InChI=1S/C18H34N2O2/c1-18(2,3)22-17(21)20-16-12-8-11-15(13-16)19-14-9-6-4-5-7-10-14/h14-16,19H,4-13H2,1-3H3,(H,20,21). The Morgan fingerprint density at radius 2 is 1.45 bits per heavy atom. The molecule has 0 bridgehead atoms. The van der Waals surface area contributed by atoms with Crippen molar-refractivity contribution >= 4 is 6.09 Å². The van der Waals surface area contributed by atoms with E-state index >= 15 is 0 Å². The Balaban J connectivity index is 1.75. The van der Waals surface area contributed by atoms with Gasteiger partial charge in [-0.2, -0.15) is 0 Å². The molecular formula is C18H34N2O2. The lowest BCUT2D eigenvalue weighted by atomic mass is 9.90. The van der Waals surface area contributed by atoms with Gasteiger partial charge in [0.05, 0.1) is 0 Å². The monoisotopic (exact) mass is 310 g/mol. The molecule has 4 nitrogen and oxygen atoms in total. The van der Waals surface area contributed by atoms with Crippen LogP contribution in [0.25, 0.3) is 0 Å². The fourth-order valence-electron chi connectivity index (χ4n) is 3.73. The molecular weight excluding hydrogens is 276 g/mol. The second-order valence-corrected chi connectivity index (χ2v) is 8.06. The summed E-state index contributed by atoms with van der Waals surface area (Å²) in [4.78, 5) is 11.9. The van der Waals surface area contributed by atoms with Gasteiger partial charge in [-0.3, -0.25) is 0 Å². The van der Waals surface area contributed by atoms with Crippen LogP contribution in [0, 0.1) is 0 Å². The molecule has 0 saturated heterocycles. The molecule has 0 aromatic rings. The van der Waals surface area contributed by atoms with Crippen molar-refractivity contribution in [2.45, 2.75) is 109 Å². The van der Waals surface area contributed by atoms with Gasteiger partial charge in [-0.25, -0.2) is 4.79 Å². The molecule has 2 aliphatic rings. The third-order valence-corrected chi connectivity index (χ3v) is 4.72. The Morgan fingerprint density at radius 1 is 0.864 bits per heavy atom. The first-order chi connectivity index (χ1) is 10.4. The number of ether oxygens (including phenoxy) is 1. The average Bonchev–Trinajstić information content (AvgIpc) is 2.65. The number of hydrogen-bond donors (Lipinski definition) is 2. The smallest absolute Gasteiger partial charge is 0.407 e. The summed E-state index contributed by atoms with van der Waals surface area (Å²) < 4.78 is 5.37. The molecule has 0 aliphatic heterocycles. The van der Waals surface area contributed by atoms with Crippen LogP contribution in [0.4, 0.5) is 4.79 Å². The van der Waals surface area contributed by atoms with Crippen LogP contribution in [0.5, 0.6) is 0 Å². The highest BCUT2D eigenvalue weighted by Crippen LogP contribution is 2.23. The number of nitrogens with one attached hydrogen (secondary N) is 2. The van der Waals surface area contributed by atoms with Crippen LogP contribution in [-0.4, -0.2) is 29.8 Å². The van der Waals surface area contributed by atoms with Crippen LogP contribution in [-0.2, 0) is 4.74 Å². The minimum absolute atomic E-state index is 0.256. The summed E-state index contributed by atoms with van der Waals surface area (Å²) in [6, 6.07) is 1.50. The van der Waals surface area contributed by atoms with Gasteiger partial charge in [-0.1, -0.05) is 25.7 Å². The maximum absolute atomic E-state index is 11.9. The third-order valence-electron chi connectivity index (χ3n) is 4.72. The summed E-state index contributed by atoms with van der Waals surface area (Å²) in [7, 11) is 0. The number of rotatable bonds is 3. The van der Waals surface area contributed by atoms with Crippen LogP contribution in [0.3, 0.4) is 0 Å². The highest BCUT2D eigenvalue weighted by molar-refractivity contribution is 5.68. The van der Waals surface area contributed by atoms with E-state index in [1.807, 2.05) is 20.8 Å². The Morgan fingerprint density at radius 3 is 2.09 bits per heavy atom. The van der Waals surface area contributed by atoms with E-state index in [1.54, 1.807) is 0 Å². The van der Waals surface area contributed by atoms with Crippen LogP contribution in [0.1, 0.15) is 85.0 Å². The summed E-state index contributed by atoms with van der Waals surface area (Å²) in [5.74, 6) is 0. The SMILES string of the molecule is CC(C)(C)OC(=O)NC1CCCC(NC2CCCCCC2)C1. The van der Waals surface area contributed by atoms with Crippen molar-refractivity contribution in [2.24, 2.45) is 0 Å². The zero-order valence-electron chi connectivity index (χ0n) is 14.6. The molecule has 0 aromatic carbocycles. The van der Waals surface area contributed by atoms with Crippen molar-refractivity contribution < 1.29 is 9.53 Å². The number of carbonyl (C=O) groups excluding carboxylic acids is 1. The van der Waals surface area contributed by atoms with Gasteiger partial charge < -0.3 is 15.4 Å². The molecule has 1 amide bonds. The normalized spacial score (nSPS) is 28.0. The van der Waals surface area contributed by atoms with Crippen molar-refractivity contribution in [2.75, 3.05) is 0 Å². The maximum Gasteiger partial charge on any atom is 0.407 e. The molecule has 2 N–H and O–H groups in total. The summed E-state index contributed by atoms with van der Waals surface area (Å²) in [5.41, 5.74) is -0.420. The molecule has 0 heterocycles. The minimum atomic E-state index is -0.420. The van der Waals surface area contributed by atoms with E-state index in [2.05, 4.69) is 10.6 Å². The number of hydrogen-bond acceptors (Lipinski definition) is 3. The molecule has 22 heavy (non-hydrogen) atoms. The molecule has 0 aromatic heterocycles. The summed E-state index contributed by atoms with van der Waals surface area (Å²) in [5, 5.41) is 6.91. The first kappa shape index (κ1) is 17.6. The number of amides is 1. The Labute approximate surface area is 135 Å². The van der Waals surface area contributed by atoms with E-state index in [0.717, 1.165) is 12.8 Å². The maximum atomic E-state index is 11.9. The predicted molar refractivity (Wildman–Crippen MR) is 90.0 cm³/mol. The molecule has 2 fully saturated rings. The van der Waals surface area contributed by atoms with Gasteiger partial charge in [-0.15, -0.1) is 0 Å². The van der Waals surface area contributed by atoms with E-state index in [-0.39, 0.29) is 12.1 Å². The summed E-state index contributed by atoms with van der Waals surface area (Å²) >= 11 is 0. The van der Waals surface area contributed by atoms with E-state index < -0.39 is 5.60 Å². The molecule has 4 heteroatoms. The predicted octanol–water partition coefficient (Wildman–Crippen LogP) is 4.13. The largest absolute Gasteiger partial charge is 0.444 e. The van der Waals surface area contributed by atoms with E-state index in [9.17, 15) is 4.79 Å². The topological polar surface area (TPSA) is 50.4 Å². The lowest BCUT2D eigenvalue weighted by molar-refractivity contribution is 0.0488. The Hall–Kier alpha value is -0.770. The van der Waals surface area contributed by atoms with Crippen LogP contribution in [0.2, 0.25) is 0 Å². The quantitative estimate of drug-likeness (QED) is 0.770. The molecule has 2 unspecified atom stereocenters. The molecule has 128 valence electrons. The van der Waals surface area contributed by atoms with E-state index in [0.29, 0.717) is 12.1 Å². The van der Waals surface area contributed by atoms with E-state index in [1.165, 1.54) is 51.4 Å². The van der Waals surface area contributed by atoms with Crippen LogP contribution < -0.4 is 10.6 Å². The Kier molecular flexibility index (Phi) is 6.54. The van der Waals surface area contributed by atoms with Gasteiger partial charge in [-0.05, 0) is 59.3 Å². The molecule has 0 radical (unpaired) electrons. The van der Waals surface area contributed by atoms with Crippen molar-refractivity contribution in [3.05, 3.63) is 0 Å². The first-order valence-electron chi connectivity index (χ1n) is 9.18. The van der Waals surface area contributed by atoms with Gasteiger partial charge in [0, 0.05) is 18.1 Å². The molecule has 0 spiro atoms. The van der Waals surface area contributed by atoms with Gasteiger partial charge >= 0.3 is 6.09 Å². The van der Waals surface area contributed by atoms with Gasteiger partial charge in [0.15, 0.2) is 0 Å². The molecule has 2 aliphatic carbocycles. The first-order valence-corrected chi connectivity index (χ1v) is 9.18. The highest BCUT2D eigenvalue weighted by atomic mass is 16.6. The second kappa shape index (κ2) is 8.19. The minimum Gasteiger partial charge on any atom is -0.444 e.